The molecule has 0 aliphatic carbocycles. The number of likely N-dealkylation sites (tertiary alicyclic amines) is 1. The molecular formula is C18H24N4O2. The number of aliphatic hydroxyl groups is 1. The number of carbonyl (C=O) groups is 1. The third-order valence-electron chi connectivity index (χ3n) is 4.78. The van der Waals surface area contributed by atoms with Gasteiger partial charge in [-0.05, 0) is 37.3 Å². The van der Waals surface area contributed by atoms with Crippen molar-refractivity contribution in [2.45, 2.75) is 32.7 Å². The van der Waals surface area contributed by atoms with E-state index in [1.54, 1.807) is 21.8 Å². The number of urea groups is 1. The summed E-state index contributed by atoms with van der Waals surface area (Å²) in [6, 6.07) is 9.37. The van der Waals surface area contributed by atoms with Crippen LogP contribution in [0.4, 0.5) is 10.6 Å². The highest BCUT2D eigenvalue weighted by molar-refractivity contribution is 5.89. The van der Waals surface area contributed by atoms with Gasteiger partial charge < -0.3 is 10.0 Å². The van der Waals surface area contributed by atoms with Gasteiger partial charge in [-0.15, -0.1) is 0 Å². The van der Waals surface area contributed by atoms with Crippen LogP contribution in [-0.2, 0) is 0 Å². The van der Waals surface area contributed by atoms with Crippen molar-refractivity contribution in [2.75, 3.05) is 18.5 Å². The van der Waals surface area contributed by atoms with Crippen molar-refractivity contribution in [3.63, 3.8) is 0 Å². The minimum Gasteiger partial charge on any atom is -0.394 e. The summed E-state index contributed by atoms with van der Waals surface area (Å²) in [6.45, 7) is 4.75. The number of benzene rings is 1. The Labute approximate surface area is 142 Å². The maximum Gasteiger partial charge on any atom is 0.323 e. The minimum atomic E-state index is -0.184. The predicted octanol–water partition coefficient (Wildman–Crippen LogP) is 2.81. The van der Waals surface area contributed by atoms with Gasteiger partial charge >= 0.3 is 6.03 Å². The van der Waals surface area contributed by atoms with Crippen molar-refractivity contribution >= 4 is 11.8 Å². The van der Waals surface area contributed by atoms with Crippen LogP contribution >= 0.6 is 0 Å². The van der Waals surface area contributed by atoms with Crippen molar-refractivity contribution in [1.82, 2.24) is 14.7 Å². The maximum absolute atomic E-state index is 12.7. The van der Waals surface area contributed by atoms with Crippen molar-refractivity contribution in [3.05, 3.63) is 42.1 Å². The molecule has 6 heteroatoms. The van der Waals surface area contributed by atoms with Gasteiger partial charge in [0.15, 0.2) is 0 Å². The zero-order valence-corrected chi connectivity index (χ0v) is 14.1. The number of piperidine rings is 1. The van der Waals surface area contributed by atoms with Crippen LogP contribution in [0, 0.1) is 12.8 Å². The van der Waals surface area contributed by atoms with Gasteiger partial charge in [-0.2, -0.15) is 5.10 Å². The number of aromatic nitrogens is 2. The van der Waals surface area contributed by atoms with Gasteiger partial charge in [0.1, 0.15) is 5.82 Å². The average molecular weight is 328 g/mol. The summed E-state index contributed by atoms with van der Waals surface area (Å²) in [6.07, 6.45) is 3.67. The predicted molar refractivity (Wildman–Crippen MR) is 93.3 cm³/mol. The van der Waals surface area contributed by atoms with Gasteiger partial charge in [-0.3, -0.25) is 5.32 Å². The number of para-hydroxylation sites is 1. The molecule has 2 atom stereocenters. The summed E-state index contributed by atoms with van der Waals surface area (Å²) in [5.74, 6) is 0.931. The molecule has 0 saturated carbocycles. The SMILES string of the molecule is Cc1ccccc1-n1nccc1NC(=O)N1CCCC(C)C1CO. The fourth-order valence-electron chi connectivity index (χ4n) is 3.35. The summed E-state index contributed by atoms with van der Waals surface area (Å²) in [5, 5.41) is 16.9. The Balaban J connectivity index is 1.81. The van der Waals surface area contributed by atoms with E-state index in [9.17, 15) is 9.90 Å². The van der Waals surface area contributed by atoms with E-state index in [0.29, 0.717) is 18.3 Å². The first-order valence-corrected chi connectivity index (χ1v) is 8.40. The summed E-state index contributed by atoms with van der Waals surface area (Å²) < 4.78 is 1.73. The van der Waals surface area contributed by atoms with Crippen LogP contribution in [0.15, 0.2) is 36.5 Å². The zero-order valence-electron chi connectivity index (χ0n) is 14.1. The third kappa shape index (κ3) is 3.14. The Morgan fingerprint density at radius 3 is 2.92 bits per heavy atom. The Kier molecular flexibility index (Phi) is 4.85. The highest BCUT2D eigenvalue weighted by Gasteiger charge is 2.31. The van der Waals surface area contributed by atoms with Gasteiger partial charge in [0.2, 0.25) is 0 Å². The Morgan fingerprint density at radius 1 is 1.38 bits per heavy atom. The molecular weight excluding hydrogens is 304 g/mol. The molecule has 3 rings (SSSR count). The lowest BCUT2D eigenvalue weighted by Gasteiger charge is -2.38. The second-order valence-electron chi connectivity index (χ2n) is 6.41. The normalized spacial score (nSPS) is 20.9. The van der Waals surface area contributed by atoms with E-state index in [0.717, 1.165) is 24.1 Å². The molecule has 0 radical (unpaired) electrons. The standard InChI is InChI=1S/C18H24N4O2/c1-13-6-3-4-8-15(13)22-17(9-10-19-22)20-18(24)21-11-5-7-14(2)16(21)12-23/h3-4,6,8-10,14,16,23H,5,7,11-12H2,1-2H3,(H,20,24). The van der Waals surface area contributed by atoms with Crippen LogP contribution in [0.5, 0.6) is 0 Å². The van der Waals surface area contributed by atoms with Gasteiger partial charge in [0, 0.05) is 12.6 Å². The number of amides is 2. The van der Waals surface area contributed by atoms with Gasteiger partial charge in [0.25, 0.3) is 0 Å². The number of hydrogen-bond donors (Lipinski definition) is 2. The molecule has 1 aromatic heterocycles. The highest BCUT2D eigenvalue weighted by atomic mass is 16.3. The van der Waals surface area contributed by atoms with E-state index in [2.05, 4.69) is 17.3 Å². The Bertz CT molecular complexity index is 713. The molecule has 1 fully saturated rings. The fraction of sp³-hybridized carbons (Fsp3) is 0.444. The molecule has 2 amide bonds. The van der Waals surface area contributed by atoms with E-state index < -0.39 is 0 Å². The van der Waals surface area contributed by atoms with Gasteiger partial charge in [-0.25, -0.2) is 9.48 Å². The number of rotatable bonds is 3. The third-order valence-corrected chi connectivity index (χ3v) is 4.78. The first kappa shape index (κ1) is 16.5. The molecule has 2 unspecified atom stereocenters. The molecule has 6 nitrogen and oxygen atoms in total. The minimum absolute atomic E-state index is 0.00829. The van der Waals surface area contributed by atoms with E-state index >= 15 is 0 Å². The summed E-state index contributed by atoms with van der Waals surface area (Å²) in [5.41, 5.74) is 2.01. The largest absolute Gasteiger partial charge is 0.394 e. The number of nitrogens with one attached hydrogen (secondary N) is 1. The molecule has 1 aliphatic rings. The van der Waals surface area contributed by atoms with Crippen LogP contribution in [-0.4, -0.2) is 45.0 Å². The second kappa shape index (κ2) is 7.05. The maximum atomic E-state index is 12.7. The first-order valence-electron chi connectivity index (χ1n) is 8.40. The van der Waals surface area contributed by atoms with Crippen LogP contribution in [0.25, 0.3) is 5.69 Å². The first-order chi connectivity index (χ1) is 11.6. The van der Waals surface area contributed by atoms with Gasteiger partial charge in [0.05, 0.1) is 24.5 Å². The van der Waals surface area contributed by atoms with Crippen LogP contribution in [0.1, 0.15) is 25.3 Å². The highest BCUT2D eigenvalue weighted by Crippen LogP contribution is 2.24. The van der Waals surface area contributed by atoms with Crippen molar-refractivity contribution in [2.24, 2.45) is 5.92 Å². The lowest BCUT2D eigenvalue weighted by molar-refractivity contribution is 0.0811. The number of aliphatic hydroxyl groups excluding tert-OH is 1. The average Bonchev–Trinajstić information content (AvgIpc) is 3.03. The molecule has 0 spiro atoms. The van der Waals surface area contributed by atoms with Crippen molar-refractivity contribution < 1.29 is 9.90 Å². The number of aryl methyl sites for hydroxylation is 1. The quantitative estimate of drug-likeness (QED) is 0.910. The van der Waals surface area contributed by atoms with Crippen molar-refractivity contribution in [1.29, 1.82) is 0 Å². The van der Waals surface area contributed by atoms with E-state index in [4.69, 9.17) is 0 Å². The molecule has 1 aromatic carbocycles. The Hall–Kier alpha value is -2.34. The molecule has 0 bridgehead atoms. The summed E-state index contributed by atoms with van der Waals surface area (Å²) in [4.78, 5) is 14.5. The van der Waals surface area contributed by atoms with Crippen LogP contribution in [0.3, 0.4) is 0 Å². The van der Waals surface area contributed by atoms with Crippen LogP contribution in [0.2, 0.25) is 0 Å². The summed E-state index contributed by atoms with van der Waals surface area (Å²) >= 11 is 0. The molecule has 2 N–H and O–H groups in total. The lowest BCUT2D eigenvalue weighted by Crippen LogP contribution is -2.51. The monoisotopic (exact) mass is 328 g/mol. The molecule has 128 valence electrons. The second-order valence-corrected chi connectivity index (χ2v) is 6.41. The number of anilines is 1. The smallest absolute Gasteiger partial charge is 0.323 e. The van der Waals surface area contributed by atoms with E-state index in [1.807, 2.05) is 31.2 Å². The molecule has 2 aromatic rings. The number of hydrogen-bond acceptors (Lipinski definition) is 3. The molecule has 1 aliphatic heterocycles. The van der Waals surface area contributed by atoms with Crippen molar-refractivity contribution in [3.8, 4) is 5.69 Å². The Morgan fingerprint density at radius 2 is 2.17 bits per heavy atom. The topological polar surface area (TPSA) is 70.4 Å². The molecule has 24 heavy (non-hydrogen) atoms. The van der Waals surface area contributed by atoms with Crippen LogP contribution < -0.4 is 5.32 Å². The zero-order chi connectivity index (χ0) is 17.1. The van der Waals surface area contributed by atoms with E-state index in [1.165, 1.54) is 0 Å². The lowest BCUT2D eigenvalue weighted by atomic mass is 9.91. The molecule has 2 heterocycles. The fourth-order valence-corrected chi connectivity index (χ4v) is 3.35. The van der Waals surface area contributed by atoms with E-state index in [-0.39, 0.29) is 18.7 Å². The molecule has 1 saturated heterocycles. The van der Waals surface area contributed by atoms with Gasteiger partial charge in [-0.1, -0.05) is 25.1 Å². The summed E-state index contributed by atoms with van der Waals surface area (Å²) in [7, 11) is 0. The number of carbonyl (C=O) groups excluding carboxylic acids is 1. The number of nitrogens with zero attached hydrogens (tertiary/aromatic N) is 3.